The third-order valence-corrected chi connectivity index (χ3v) is 8.22. The van der Waals surface area contributed by atoms with Gasteiger partial charge in [0.25, 0.3) is 0 Å². The van der Waals surface area contributed by atoms with Crippen LogP contribution in [0.1, 0.15) is 19.3 Å². The second-order valence-corrected chi connectivity index (χ2v) is 11.5. The number of ether oxygens (including phenoxy) is 1. The number of nitrogens with zero attached hydrogens (tertiary/aromatic N) is 3. The molecule has 14 heteroatoms. The molecule has 13 nitrogen and oxygen atoms in total. The Hall–Kier alpha value is -3.88. The van der Waals surface area contributed by atoms with Crippen LogP contribution in [-0.4, -0.2) is 99.2 Å². The SMILES string of the molecule is O=C(NCCN1CCOCC1)Nc1nc2ccc(OS(=O)(=O)c3ccc(NCCCN4CCCC4=O)cc3)cc2[nH]1. The maximum absolute atomic E-state index is 12.9. The average Bonchev–Trinajstić information content (AvgIpc) is 3.56. The van der Waals surface area contributed by atoms with Gasteiger partial charge in [0.2, 0.25) is 11.9 Å². The topological polar surface area (TPSA) is 158 Å². The van der Waals surface area contributed by atoms with Gasteiger partial charge in [0.15, 0.2) is 0 Å². The van der Waals surface area contributed by atoms with E-state index in [1.165, 1.54) is 24.3 Å². The van der Waals surface area contributed by atoms with Crippen molar-refractivity contribution in [1.29, 1.82) is 0 Å². The molecule has 3 aromatic rings. The largest absolute Gasteiger partial charge is 0.385 e. The van der Waals surface area contributed by atoms with E-state index < -0.39 is 16.1 Å². The minimum Gasteiger partial charge on any atom is -0.385 e. The highest BCUT2D eigenvalue weighted by Gasteiger charge is 2.20. The van der Waals surface area contributed by atoms with Gasteiger partial charge in [-0.3, -0.25) is 15.0 Å². The summed E-state index contributed by atoms with van der Waals surface area (Å²) in [5.41, 5.74) is 1.83. The lowest BCUT2D eigenvalue weighted by Gasteiger charge is -2.26. The van der Waals surface area contributed by atoms with Gasteiger partial charge >= 0.3 is 16.1 Å². The first-order valence-electron chi connectivity index (χ1n) is 13.8. The fraction of sp³-hybridized carbons (Fsp3) is 0.444. The van der Waals surface area contributed by atoms with Crippen LogP contribution in [-0.2, 0) is 19.6 Å². The van der Waals surface area contributed by atoms with Gasteiger partial charge in [-0.2, -0.15) is 8.42 Å². The number of amides is 3. The molecule has 0 saturated carbocycles. The Kier molecular flexibility index (Phi) is 9.21. The predicted molar refractivity (Wildman–Crippen MR) is 154 cm³/mol. The normalized spacial score (nSPS) is 16.2. The number of imidazole rings is 1. The van der Waals surface area contributed by atoms with E-state index >= 15 is 0 Å². The van der Waals surface area contributed by atoms with Crippen LogP contribution in [0, 0.1) is 0 Å². The van der Waals surface area contributed by atoms with Crippen molar-refractivity contribution in [3.05, 3.63) is 42.5 Å². The summed E-state index contributed by atoms with van der Waals surface area (Å²) in [5, 5.41) is 8.71. The molecule has 41 heavy (non-hydrogen) atoms. The molecule has 3 amide bonds. The number of fused-ring (bicyclic) bond motifs is 1. The monoisotopic (exact) mass is 585 g/mol. The minimum atomic E-state index is -4.07. The predicted octanol–water partition coefficient (Wildman–Crippen LogP) is 2.21. The third-order valence-electron chi connectivity index (χ3n) is 6.96. The zero-order chi connectivity index (χ0) is 28.7. The lowest BCUT2D eigenvalue weighted by atomic mass is 10.3. The fourth-order valence-electron chi connectivity index (χ4n) is 4.76. The number of hydrogen-bond acceptors (Lipinski definition) is 9. The van der Waals surface area contributed by atoms with Gasteiger partial charge in [0, 0.05) is 64.0 Å². The molecule has 0 atom stereocenters. The summed E-state index contributed by atoms with van der Waals surface area (Å²) in [7, 11) is -4.07. The van der Waals surface area contributed by atoms with Crippen LogP contribution in [0.3, 0.4) is 0 Å². The van der Waals surface area contributed by atoms with E-state index in [0.29, 0.717) is 50.3 Å². The molecule has 4 N–H and O–H groups in total. The molecular formula is C27H35N7O6S. The summed E-state index contributed by atoms with van der Waals surface area (Å²) in [6.45, 7) is 6.52. The van der Waals surface area contributed by atoms with E-state index in [2.05, 4.69) is 30.8 Å². The molecule has 2 aliphatic rings. The molecule has 5 rings (SSSR count). The highest BCUT2D eigenvalue weighted by Crippen LogP contribution is 2.24. The highest BCUT2D eigenvalue weighted by molar-refractivity contribution is 7.87. The molecule has 220 valence electrons. The molecule has 0 radical (unpaired) electrons. The number of carbonyl (C=O) groups excluding carboxylic acids is 2. The minimum absolute atomic E-state index is 0.0199. The molecule has 0 bridgehead atoms. The van der Waals surface area contributed by atoms with Crippen LogP contribution in [0.5, 0.6) is 5.75 Å². The van der Waals surface area contributed by atoms with Crippen molar-refractivity contribution in [3.63, 3.8) is 0 Å². The molecule has 0 spiro atoms. The summed E-state index contributed by atoms with van der Waals surface area (Å²) in [5.74, 6) is 0.557. The molecule has 2 fully saturated rings. The first-order chi connectivity index (χ1) is 19.9. The number of morpholine rings is 1. The van der Waals surface area contributed by atoms with Crippen LogP contribution in [0.15, 0.2) is 47.4 Å². The number of benzene rings is 2. The van der Waals surface area contributed by atoms with E-state index in [0.717, 1.165) is 44.7 Å². The van der Waals surface area contributed by atoms with Crippen LogP contribution >= 0.6 is 0 Å². The summed E-state index contributed by atoms with van der Waals surface area (Å²) in [6, 6.07) is 10.6. The third kappa shape index (κ3) is 7.86. The van der Waals surface area contributed by atoms with Crippen molar-refractivity contribution in [2.24, 2.45) is 0 Å². The number of anilines is 2. The molecule has 0 unspecified atom stereocenters. The fourth-order valence-corrected chi connectivity index (χ4v) is 5.68. The Balaban J connectivity index is 1.10. The van der Waals surface area contributed by atoms with Gasteiger partial charge in [-0.15, -0.1) is 0 Å². The summed E-state index contributed by atoms with van der Waals surface area (Å²) in [4.78, 5) is 35.4. The first kappa shape index (κ1) is 28.6. The summed E-state index contributed by atoms with van der Waals surface area (Å²) < 4.78 is 36.4. The van der Waals surface area contributed by atoms with E-state index in [-0.39, 0.29) is 22.5 Å². The van der Waals surface area contributed by atoms with Crippen LogP contribution in [0.4, 0.5) is 16.4 Å². The maximum atomic E-state index is 12.9. The number of aromatic nitrogens is 2. The Labute approximate surface area is 238 Å². The van der Waals surface area contributed by atoms with E-state index in [1.54, 1.807) is 18.2 Å². The van der Waals surface area contributed by atoms with Crippen molar-refractivity contribution < 1.29 is 26.9 Å². The molecule has 3 heterocycles. The van der Waals surface area contributed by atoms with Gasteiger partial charge in [-0.25, -0.2) is 9.78 Å². The van der Waals surface area contributed by atoms with E-state index in [1.807, 2.05) is 4.90 Å². The van der Waals surface area contributed by atoms with E-state index in [9.17, 15) is 18.0 Å². The molecule has 2 aromatic carbocycles. The number of aromatic amines is 1. The summed E-state index contributed by atoms with van der Waals surface area (Å²) >= 11 is 0. The maximum Gasteiger partial charge on any atom is 0.339 e. The van der Waals surface area contributed by atoms with Gasteiger partial charge in [0.1, 0.15) is 10.6 Å². The Bertz CT molecular complexity index is 1450. The Morgan fingerprint density at radius 2 is 1.85 bits per heavy atom. The van der Waals surface area contributed by atoms with Crippen molar-refractivity contribution in [2.45, 2.75) is 24.2 Å². The number of hydrogen-bond donors (Lipinski definition) is 4. The van der Waals surface area contributed by atoms with Gasteiger partial charge in [-0.05, 0) is 49.2 Å². The van der Waals surface area contributed by atoms with Gasteiger partial charge in [0.05, 0.1) is 24.2 Å². The molecular weight excluding hydrogens is 550 g/mol. The zero-order valence-corrected chi connectivity index (χ0v) is 23.5. The number of rotatable bonds is 12. The lowest BCUT2D eigenvalue weighted by Crippen LogP contribution is -2.42. The highest BCUT2D eigenvalue weighted by atomic mass is 32.2. The molecule has 2 aliphatic heterocycles. The quantitative estimate of drug-likeness (QED) is 0.185. The second kappa shape index (κ2) is 13.2. The van der Waals surface area contributed by atoms with Crippen molar-refractivity contribution in [3.8, 4) is 5.75 Å². The van der Waals surface area contributed by atoms with E-state index in [4.69, 9.17) is 8.92 Å². The molecule has 1 aromatic heterocycles. The Morgan fingerprint density at radius 1 is 1.05 bits per heavy atom. The summed E-state index contributed by atoms with van der Waals surface area (Å²) in [6.07, 6.45) is 2.36. The second-order valence-electron chi connectivity index (χ2n) is 9.93. The number of H-pyrrole nitrogens is 1. The number of carbonyl (C=O) groups is 2. The zero-order valence-electron chi connectivity index (χ0n) is 22.7. The van der Waals surface area contributed by atoms with Crippen molar-refractivity contribution in [2.75, 3.05) is 69.7 Å². The number of likely N-dealkylation sites (tertiary alicyclic amines) is 1. The molecule has 2 saturated heterocycles. The van der Waals surface area contributed by atoms with Crippen molar-refractivity contribution in [1.82, 2.24) is 25.1 Å². The first-order valence-corrected chi connectivity index (χ1v) is 15.2. The van der Waals surface area contributed by atoms with Crippen molar-refractivity contribution >= 4 is 44.7 Å². The van der Waals surface area contributed by atoms with Crippen LogP contribution in [0.25, 0.3) is 11.0 Å². The number of nitrogens with one attached hydrogen (secondary N) is 4. The van der Waals surface area contributed by atoms with Crippen LogP contribution < -0.4 is 20.1 Å². The average molecular weight is 586 g/mol. The smallest absolute Gasteiger partial charge is 0.339 e. The Morgan fingerprint density at radius 3 is 2.61 bits per heavy atom. The standard InChI is InChI=1S/C27H35N7O6S/c35-25-3-1-12-34(25)13-2-10-28-20-4-7-22(8-5-20)41(37,38)40-21-6-9-23-24(19-21)31-26(30-23)32-27(36)29-11-14-33-15-17-39-18-16-33/h4-9,19,28H,1-3,10-18H2,(H3,29,30,31,32,36). The van der Waals surface area contributed by atoms with Crippen LogP contribution in [0.2, 0.25) is 0 Å². The molecule has 0 aliphatic carbocycles. The number of urea groups is 1. The van der Waals surface area contributed by atoms with Gasteiger partial charge in [-0.1, -0.05) is 0 Å². The lowest BCUT2D eigenvalue weighted by molar-refractivity contribution is -0.127. The van der Waals surface area contributed by atoms with Gasteiger partial charge < -0.3 is 29.4 Å².